The molecule has 0 aromatic carbocycles. The predicted octanol–water partition coefficient (Wildman–Crippen LogP) is 2.27. The third-order valence-corrected chi connectivity index (χ3v) is 5.21. The number of likely N-dealkylation sites (tertiary alicyclic amines) is 1. The summed E-state index contributed by atoms with van der Waals surface area (Å²) in [6, 6.07) is 0. The summed E-state index contributed by atoms with van der Waals surface area (Å²) in [6.45, 7) is 6.06. The number of piperidine rings is 1. The maximum atomic E-state index is 10.7. The molecule has 1 aromatic heterocycles. The predicted molar refractivity (Wildman–Crippen MR) is 78.1 cm³/mol. The molecule has 4 nitrogen and oxygen atoms in total. The molecule has 104 valence electrons. The lowest BCUT2D eigenvalue weighted by atomic mass is 9.96. The Bertz CT molecular complexity index is 420. The Balaban J connectivity index is 1.49. The fraction of sp³-hybridized carbons (Fsp3) is 0.714. The molecule has 0 saturated carbocycles. The summed E-state index contributed by atoms with van der Waals surface area (Å²) in [5, 5.41) is 1.02. The van der Waals surface area contributed by atoms with Crippen molar-refractivity contribution in [3.05, 3.63) is 11.1 Å². The van der Waals surface area contributed by atoms with Crippen LogP contribution in [0.4, 0.5) is 5.13 Å². The lowest BCUT2D eigenvalue weighted by Gasteiger charge is -2.33. The van der Waals surface area contributed by atoms with Crippen LogP contribution in [0.3, 0.4) is 0 Å². The van der Waals surface area contributed by atoms with E-state index >= 15 is 0 Å². The molecular formula is C14H21N3OS. The van der Waals surface area contributed by atoms with Crippen molar-refractivity contribution in [1.29, 1.82) is 0 Å². The number of carbonyl (C=O) groups is 1. The standard InChI is InChI=1S/C14H21N3OS/c18-11-13-9-15-14(19-13)17-7-3-12(4-8-17)10-16-5-1-2-6-16/h9,11-12H,1-8,10H2. The third kappa shape index (κ3) is 3.15. The molecule has 0 unspecified atom stereocenters. The highest BCUT2D eigenvalue weighted by molar-refractivity contribution is 7.17. The highest BCUT2D eigenvalue weighted by Gasteiger charge is 2.24. The molecule has 0 spiro atoms. The first kappa shape index (κ1) is 13.1. The monoisotopic (exact) mass is 279 g/mol. The minimum Gasteiger partial charge on any atom is -0.348 e. The minimum absolute atomic E-state index is 0.731. The van der Waals surface area contributed by atoms with E-state index in [1.807, 2.05) is 0 Å². The molecule has 0 atom stereocenters. The van der Waals surface area contributed by atoms with E-state index in [0.717, 1.165) is 35.3 Å². The molecule has 0 radical (unpaired) electrons. The van der Waals surface area contributed by atoms with E-state index in [4.69, 9.17) is 0 Å². The molecule has 5 heteroatoms. The maximum Gasteiger partial charge on any atom is 0.185 e. The fourth-order valence-electron chi connectivity index (χ4n) is 3.11. The van der Waals surface area contributed by atoms with Crippen LogP contribution in [0, 0.1) is 5.92 Å². The second-order valence-corrected chi connectivity index (χ2v) is 6.64. The van der Waals surface area contributed by atoms with Crippen molar-refractivity contribution in [2.45, 2.75) is 25.7 Å². The van der Waals surface area contributed by atoms with Crippen LogP contribution in [0.25, 0.3) is 0 Å². The number of aromatic nitrogens is 1. The van der Waals surface area contributed by atoms with Gasteiger partial charge in [0.1, 0.15) is 0 Å². The SMILES string of the molecule is O=Cc1cnc(N2CCC(CN3CCCC3)CC2)s1. The zero-order chi connectivity index (χ0) is 13.1. The van der Waals surface area contributed by atoms with Crippen LogP contribution in [0.2, 0.25) is 0 Å². The molecule has 0 bridgehead atoms. The molecule has 3 rings (SSSR count). The Morgan fingerprint density at radius 3 is 2.63 bits per heavy atom. The molecular weight excluding hydrogens is 258 g/mol. The van der Waals surface area contributed by atoms with Gasteiger partial charge in [0, 0.05) is 19.6 Å². The van der Waals surface area contributed by atoms with Gasteiger partial charge in [-0.2, -0.15) is 0 Å². The second-order valence-electron chi connectivity index (χ2n) is 5.60. The zero-order valence-corrected chi connectivity index (χ0v) is 12.1. The summed E-state index contributed by atoms with van der Waals surface area (Å²) in [4.78, 5) is 20.7. The molecule has 2 aliphatic heterocycles. The molecule has 1 aromatic rings. The summed E-state index contributed by atoms with van der Waals surface area (Å²) in [7, 11) is 0. The van der Waals surface area contributed by atoms with Gasteiger partial charge in [0.05, 0.1) is 11.1 Å². The van der Waals surface area contributed by atoms with Gasteiger partial charge in [-0.3, -0.25) is 4.79 Å². The third-order valence-electron chi connectivity index (χ3n) is 4.23. The van der Waals surface area contributed by atoms with E-state index < -0.39 is 0 Å². The summed E-state index contributed by atoms with van der Waals surface area (Å²) < 4.78 is 0. The number of aldehydes is 1. The van der Waals surface area contributed by atoms with Crippen LogP contribution in [-0.4, -0.2) is 48.9 Å². The second kappa shape index (κ2) is 6.01. The highest BCUT2D eigenvalue weighted by atomic mass is 32.1. The number of thiazole rings is 1. The van der Waals surface area contributed by atoms with Gasteiger partial charge in [-0.25, -0.2) is 4.98 Å². The van der Waals surface area contributed by atoms with E-state index in [2.05, 4.69) is 14.8 Å². The van der Waals surface area contributed by atoms with Crippen molar-refractivity contribution in [3.63, 3.8) is 0 Å². The minimum atomic E-state index is 0.731. The summed E-state index contributed by atoms with van der Waals surface area (Å²) in [5.41, 5.74) is 0. The Morgan fingerprint density at radius 2 is 2.00 bits per heavy atom. The molecule has 2 fully saturated rings. The van der Waals surface area contributed by atoms with Crippen LogP contribution in [0.1, 0.15) is 35.4 Å². The van der Waals surface area contributed by atoms with Gasteiger partial charge in [0.25, 0.3) is 0 Å². The maximum absolute atomic E-state index is 10.7. The van der Waals surface area contributed by atoms with E-state index in [1.165, 1.54) is 56.7 Å². The number of hydrogen-bond acceptors (Lipinski definition) is 5. The van der Waals surface area contributed by atoms with E-state index in [-0.39, 0.29) is 0 Å². The van der Waals surface area contributed by atoms with Crippen LogP contribution in [-0.2, 0) is 0 Å². The normalized spacial score (nSPS) is 22.0. The lowest BCUT2D eigenvalue weighted by molar-refractivity contribution is 0.112. The van der Waals surface area contributed by atoms with Gasteiger partial charge in [-0.05, 0) is 44.7 Å². The Labute approximate surface area is 118 Å². The van der Waals surface area contributed by atoms with E-state index in [0.29, 0.717) is 0 Å². The molecule has 0 amide bonds. The van der Waals surface area contributed by atoms with Crippen molar-refractivity contribution >= 4 is 22.8 Å². The Morgan fingerprint density at radius 1 is 1.26 bits per heavy atom. The van der Waals surface area contributed by atoms with Crippen molar-refractivity contribution in [2.24, 2.45) is 5.92 Å². The van der Waals surface area contributed by atoms with Gasteiger partial charge in [-0.15, -0.1) is 0 Å². The number of hydrogen-bond donors (Lipinski definition) is 0. The topological polar surface area (TPSA) is 36.4 Å². The first-order valence-corrected chi connectivity index (χ1v) is 8.05. The average molecular weight is 279 g/mol. The number of nitrogens with zero attached hydrogens (tertiary/aromatic N) is 3. The molecule has 0 N–H and O–H groups in total. The smallest absolute Gasteiger partial charge is 0.185 e. The fourth-order valence-corrected chi connectivity index (χ4v) is 3.90. The van der Waals surface area contributed by atoms with Crippen LogP contribution >= 0.6 is 11.3 Å². The summed E-state index contributed by atoms with van der Waals surface area (Å²) >= 11 is 1.51. The molecule has 19 heavy (non-hydrogen) atoms. The Kier molecular flexibility index (Phi) is 4.13. The first-order chi connectivity index (χ1) is 9.35. The van der Waals surface area contributed by atoms with Gasteiger partial charge in [0.15, 0.2) is 11.4 Å². The highest BCUT2D eigenvalue weighted by Crippen LogP contribution is 2.27. The molecule has 2 aliphatic rings. The number of rotatable bonds is 4. The van der Waals surface area contributed by atoms with Crippen molar-refractivity contribution in [2.75, 3.05) is 37.6 Å². The molecule has 2 saturated heterocycles. The van der Waals surface area contributed by atoms with Crippen LogP contribution in [0.15, 0.2) is 6.20 Å². The zero-order valence-electron chi connectivity index (χ0n) is 11.3. The van der Waals surface area contributed by atoms with Crippen molar-refractivity contribution in [3.8, 4) is 0 Å². The number of carbonyl (C=O) groups excluding carboxylic acids is 1. The summed E-state index contributed by atoms with van der Waals surface area (Å²) in [5.74, 6) is 0.847. The van der Waals surface area contributed by atoms with Crippen LogP contribution < -0.4 is 4.90 Å². The average Bonchev–Trinajstić information content (AvgIpc) is 3.10. The van der Waals surface area contributed by atoms with Crippen LogP contribution in [0.5, 0.6) is 0 Å². The first-order valence-electron chi connectivity index (χ1n) is 7.23. The van der Waals surface area contributed by atoms with Crippen molar-refractivity contribution in [1.82, 2.24) is 9.88 Å². The molecule has 0 aliphatic carbocycles. The van der Waals surface area contributed by atoms with Gasteiger partial charge >= 0.3 is 0 Å². The van der Waals surface area contributed by atoms with Gasteiger partial charge in [-0.1, -0.05) is 11.3 Å². The lowest BCUT2D eigenvalue weighted by Crippen LogP contribution is -2.38. The van der Waals surface area contributed by atoms with Gasteiger partial charge in [0.2, 0.25) is 0 Å². The quantitative estimate of drug-likeness (QED) is 0.792. The van der Waals surface area contributed by atoms with E-state index in [9.17, 15) is 4.79 Å². The summed E-state index contributed by atoms with van der Waals surface area (Å²) in [6.07, 6.45) is 7.85. The Hall–Kier alpha value is -0.940. The number of anilines is 1. The van der Waals surface area contributed by atoms with Crippen molar-refractivity contribution < 1.29 is 4.79 Å². The van der Waals surface area contributed by atoms with E-state index in [1.54, 1.807) is 6.20 Å². The largest absolute Gasteiger partial charge is 0.348 e. The van der Waals surface area contributed by atoms with Gasteiger partial charge < -0.3 is 9.80 Å². The molecule has 3 heterocycles.